The molecule has 5 heteroatoms. The van der Waals surface area contributed by atoms with Crippen molar-refractivity contribution in [2.45, 2.75) is 13.0 Å². The number of amides is 1. The van der Waals surface area contributed by atoms with Crippen molar-refractivity contribution < 1.29 is 18.7 Å². The highest BCUT2D eigenvalue weighted by Crippen LogP contribution is 2.32. The van der Waals surface area contributed by atoms with Gasteiger partial charge in [0.1, 0.15) is 5.82 Å². The second kappa shape index (κ2) is 6.52. The molecule has 4 nitrogen and oxygen atoms in total. The van der Waals surface area contributed by atoms with Crippen LogP contribution in [0, 0.1) is 5.82 Å². The topological polar surface area (TPSA) is 47.6 Å². The Morgan fingerprint density at radius 2 is 1.91 bits per heavy atom. The third-order valence-electron chi connectivity index (χ3n) is 3.55. The molecule has 1 unspecified atom stereocenters. The van der Waals surface area contributed by atoms with E-state index in [0.29, 0.717) is 11.5 Å². The molecule has 3 rings (SSSR count). The van der Waals surface area contributed by atoms with Gasteiger partial charge in [-0.3, -0.25) is 4.79 Å². The Labute approximate surface area is 133 Å². The molecule has 0 saturated heterocycles. The molecule has 0 radical (unpaired) electrons. The molecule has 1 amide bonds. The van der Waals surface area contributed by atoms with Gasteiger partial charge in [-0.15, -0.1) is 0 Å². The van der Waals surface area contributed by atoms with Crippen LogP contribution in [0.1, 0.15) is 24.1 Å². The van der Waals surface area contributed by atoms with E-state index in [0.717, 1.165) is 11.1 Å². The molecule has 1 atom stereocenters. The first kappa shape index (κ1) is 15.1. The molecule has 0 bridgehead atoms. The summed E-state index contributed by atoms with van der Waals surface area (Å²) in [5.74, 6) is 0.859. The molecule has 0 spiro atoms. The lowest BCUT2D eigenvalue weighted by Crippen LogP contribution is -2.24. The molecule has 1 heterocycles. The van der Waals surface area contributed by atoms with Gasteiger partial charge in [-0.2, -0.15) is 0 Å². The summed E-state index contributed by atoms with van der Waals surface area (Å²) in [5.41, 5.74) is 1.69. The number of rotatable bonds is 4. The largest absolute Gasteiger partial charge is 0.454 e. The Morgan fingerprint density at radius 3 is 2.70 bits per heavy atom. The maximum atomic E-state index is 12.9. The van der Waals surface area contributed by atoms with Crippen LogP contribution in [0.3, 0.4) is 0 Å². The minimum absolute atomic E-state index is 0.204. The SMILES string of the molecule is CC(NC(=O)/C=C/c1ccc2c(c1)OCO2)c1ccc(F)cc1. The molecule has 2 aromatic rings. The number of fused-ring (bicyclic) bond motifs is 1. The lowest BCUT2D eigenvalue weighted by atomic mass is 10.1. The summed E-state index contributed by atoms with van der Waals surface area (Å²) < 4.78 is 23.4. The first-order valence-corrected chi connectivity index (χ1v) is 7.25. The summed E-state index contributed by atoms with van der Waals surface area (Å²) in [7, 11) is 0. The average molecular weight is 313 g/mol. The van der Waals surface area contributed by atoms with Crippen molar-refractivity contribution in [2.24, 2.45) is 0 Å². The van der Waals surface area contributed by atoms with Crippen LogP contribution >= 0.6 is 0 Å². The molecule has 118 valence electrons. The molecular formula is C18H16FNO3. The quantitative estimate of drug-likeness (QED) is 0.880. The van der Waals surface area contributed by atoms with Gasteiger partial charge in [0.25, 0.3) is 0 Å². The molecule has 0 aliphatic carbocycles. The second-order valence-electron chi connectivity index (χ2n) is 5.23. The highest BCUT2D eigenvalue weighted by Gasteiger charge is 2.12. The van der Waals surface area contributed by atoms with Gasteiger partial charge >= 0.3 is 0 Å². The van der Waals surface area contributed by atoms with Crippen molar-refractivity contribution in [3.8, 4) is 11.5 Å². The zero-order valence-corrected chi connectivity index (χ0v) is 12.6. The summed E-state index contributed by atoms with van der Waals surface area (Å²) in [6.07, 6.45) is 3.16. The van der Waals surface area contributed by atoms with Gasteiger partial charge in [0.2, 0.25) is 12.7 Å². The van der Waals surface area contributed by atoms with Gasteiger partial charge < -0.3 is 14.8 Å². The lowest BCUT2D eigenvalue weighted by molar-refractivity contribution is -0.117. The summed E-state index contributed by atoms with van der Waals surface area (Å²) in [5, 5.41) is 2.83. The highest BCUT2D eigenvalue weighted by atomic mass is 19.1. The molecule has 1 N–H and O–H groups in total. The van der Waals surface area contributed by atoms with Gasteiger partial charge in [-0.05, 0) is 48.4 Å². The number of hydrogen-bond acceptors (Lipinski definition) is 3. The molecule has 2 aromatic carbocycles. The van der Waals surface area contributed by atoms with Crippen LogP contribution in [0.5, 0.6) is 11.5 Å². The van der Waals surface area contributed by atoms with Gasteiger partial charge in [0.15, 0.2) is 11.5 Å². The predicted octanol–water partition coefficient (Wildman–Crippen LogP) is 3.45. The van der Waals surface area contributed by atoms with Gasteiger partial charge in [-0.1, -0.05) is 18.2 Å². The van der Waals surface area contributed by atoms with Crippen molar-refractivity contribution in [2.75, 3.05) is 6.79 Å². The second-order valence-corrected chi connectivity index (χ2v) is 5.23. The summed E-state index contributed by atoms with van der Waals surface area (Å²) in [4.78, 5) is 12.0. The Balaban J connectivity index is 1.61. The van der Waals surface area contributed by atoms with E-state index in [1.807, 2.05) is 19.1 Å². The molecule has 0 saturated carbocycles. The third-order valence-corrected chi connectivity index (χ3v) is 3.55. The molecule has 0 aromatic heterocycles. The number of nitrogens with one attached hydrogen (secondary N) is 1. The monoisotopic (exact) mass is 313 g/mol. The van der Waals surface area contributed by atoms with Crippen molar-refractivity contribution in [3.63, 3.8) is 0 Å². The zero-order valence-electron chi connectivity index (χ0n) is 12.6. The highest BCUT2D eigenvalue weighted by molar-refractivity contribution is 5.92. The fourth-order valence-corrected chi connectivity index (χ4v) is 2.29. The Kier molecular flexibility index (Phi) is 4.28. The third kappa shape index (κ3) is 3.69. The number of carbonyl (C=O) groups excluding carboxylic acids is 1. The van der Waals surface area contributed by atoms with E-state index in [4.69, 9.17) is 9.47 Å². The van der Waals surface area contributed by atoms with Crippen molar-refractivity contribution >= 4 is 12.0 Å². The predicted molar refractivity (Wildman–Crippen MR) is 84.6 cm³/mol. The molecule has 23 heavy (non-hydrogen) atoms. The van der Waals surface area contributed by atoms with E-state index in [9.17, 15) is 9.18 Å². The fraction of sp³-hybridized carbons (Fsp3) is 0.167. The van der Waals surface area contributed by atoms with Crippen molar-refractivity contribution in [3.05, 3.63) is 65.5 Å². The Hall–Kier alpha value is -2.82. The van der Waals surface area contributed by atoms with E-state index in [1.165, 1.54) is 18.2 Å². The number of ether oxygens (including phenoxy) is 2. The average Bonchev–Trinajstić information content (AvgIpc) is 3.01. The van der Waals surface area contributed by atoms with Crippen LogP contribution in [0.15, 0.2) is 48.5 Å². The van der Waals surface area contributed by atoms with Gasteiger partial charge in [0.05, 0.1) is 6.04 Å². The fourth-order valence-electron chi connectivity index (χ4n) is 2.29. The lowest BCUT2D eigenvalue weighted by Gasteiger charge is -2.12. The van der Waals surface area contributed by atoms with E-state index in [1.54, 1.807) is 24.3 Å². The molecule has 1 aliphatic rings. The Morgan fingerprint density at radius 1 is 1.17 bits per heavy atom. The first-order valence-electron chi connectivity index (χ1n) is 7.25. The number of carbonyl (C=O) groups is 1. The maximum Gasteiger partial charge on any atom is 0.244 e. The van der Waals surface area contributed by atoms with Crippen LogP contribution < -0.4 is 14.8 Å². The van der Waals surface area contributed by atoms with Crippen LogP contribution in [-0.2, 0) is 4.79 Å². The Bertz CT molecular complexity index is 740. The zero-order chi connectivity index (χ0) is 16.2. The molecular weight excluding hydrogens is 297 g/mol. The maximum absolute atomic E-state index is 12.9. The van der Waals surface area contributed by atoms with Crippen LogP contribution in [0.4, 0.5) is 4.39 Å². The molecule has 0 fully saturated rings. The number of hydrogen-bond donors (Lipinski definition) is 1. The normalized spacial score (nSPS) is 14.0. The van der Waals surface area contributed by atoms with E-state index >= 15 is 0 Å². The minimum Gasteiger partial charge on any atom is -0.454 e. The first-order chi connectivity index (χ1) is 11.1. The number of halogens is 1. The minimum atomic E-state index is -0.296. The standard InChI is InChI=1S/C18H16FNO3/c1-12(14-4-6-15(19)7-5-14)20-18(21)9-3-13-2-8-16-17(10-13)23-11-22-16/h2-10,12H,11H2,1H3,(H,20,21)/b9-3+. The van der Waals surface area contributed by atoms with E-state index in [2.05, 4.69) is 5.32 Å². The summed E-state index contributed by atoms with van der Waals surface area (Å²) >= 11 is 0. The van der Waals surface area contributed by atoms with Crippen molar-refractivity contribution in [1.82, 2.24) is 5.32 Å². The van der Waals surface area contributed by atoms with Crippen molar-refractivity contribution in [1.29, 1.82) is 0 Å². The smallest absolute Gasteiger partial charge is 0.244 e. The number of benzene rings is 2. The van der Waals surface area contributed by atoms with E-state index in [-0.39, 0.29) is 24.6 Å². The van der Waals surface area contributed by atoms with Crippen LogP contribution in [0.25, 0.3) is 6.08 Å². The van der Waals surface area contributed by atoms with Crippen LogP contribution in [0.2, 0.25) is 0 Å². The summed E-state index contributed by atoms with van der Waals surface area (Å²) in [6.45, 7) is 2.07. The van der Waals surface area contributed by atoms with E-state index < -0.39 is 0 Å². The molecule has 1 aliphatic heterocycles. The van der Waals surface area contributed by atoms with Gasteiger partial charge in [0, 0.05) is 6.08 Å². The van der Waals surface area contributed by atoms with Crippen LogP contribution in [-0.4, -0.2) is 12.7 Å². The van der Waals surface area contributed by atoms with Gasteiger partial charge in [-0.25, -0.2) is 4.39 Å². The summed E-state index contributed by atoms with van der Waals surface area (Å²) in [6, 6.07) is 11.3.